The van der Waals surface area contributed by atoms with Gasteiger partial charge in [0.1, 0.15) is 5.82 Å². The fraction of sp³-hybridized carbons (Fsp3) is 0.316. The van der Waals surface area contributed by atoms with Crippen LogP contribution in [0.1, 0.15) is 18.4 Å². The van der Waals surface area contributed by atoms with E-state index in [1.165, 1.54) is 12.1 Å². The minimum absolute atomic E-state index is 0.0887. The Morgan fingerprint density at radius 3 is 2.43 bits per heavy atom. The lowest BCUT2D eigenvalue weighted by molar-refractivity contribution is -0.121. The molecule has 0 unspecified atom stereocenters. The standard InChI is InChI=1S/C19H21Cl2FN2O3S/c1-28(26,27)24(16-8-9-18(22)17(21)13-16)12-2-3-19(25)23-11-10-14-4-6-15(20)7-5-14/h4-9,13H,2-3,10-12H2,1H3,(H,23,25). The minimum Gasteiger partial charge on any atom is -0.356 e. The van der Waals surface area contributed by atoms with Gasteiger partial charge < -0.3 is 5.32 Å². The van der Waals surface area contributed by atoms with E-state index in [2.05, 4.69) is 5.32 Å². The maximum atomic E-state index is 13.3. The maximum Gasteiger partial charge on any atom is 0.232 e. The van der Waals surface area contributed by atoms with Crippen LogP contribution in [0.15, 0.2) is 42.5 Å². The van der Waals surface area contributed by atoms with Crippen LogP contribution in [0.5, 0.6) is 0 Å². The number of benzene rings is 2. The minimum atomic E-state index is -3.59. The van der Waals surface area contributed by atoms with E-state index in [4.69, 9.17) is 23.2 Å². The van der Waals surface area contributed by atoms with Gasteiger partial charge in [-0.1, -0.05) is 35.3 Å². The number of sulfonamides is 1. The summed E-state index contributed by atoms with van der Waals surface area (Å²) in [7, 11) is -3.59. The molecule has 1 N–H and O–H groups in total. The fourth-order valence-corrected chi connectivity index (χ4v) is 3.85. The number of halogens is 3. The third-order valence-corrected chi connectivity index (χ3v) is 5.74. The first kappa shape index (κ1) is 22.5. The number of amides is 1. The first-order chi connectivity index (χ1) is 13.2. The van der Waals surface area contributed by atoms with Crippen LogP contribution in [0.2, 0.25) is 10.0 Å². The second-order valence-electron chi connectivity index (χ2n) is 6.26. The SMILES string of the molecule is CS(=O)(=O)N(CCCC(=O)NCCc1ccc(Cl)cc1)c1ccc(F)c(Cl)c1. The summed E-state index contributed by atoms with van der Waals surface area (Å²) >= 11 is 11.6. The first-order valence-corrected chi connectivity index (χ1v) is 11.2. The van der Waals surface area contributed by atoms with Crippen molar-refractivity contribution in [3.05, 3.63) is 63.9 Å². The lowest BCUT2D eigenvalue weighted by atomic mass is 10.1. The Bertz CT molecular complexity index is 921. The predicted molar refractivity (Wildman–Crippen MR) is 111 cm³/mol. The molecule has 0 fully saturated rings. The van der Waals surface area contributed by atoms with Crippen molar-refractivity contribution in [2.24, 2.45) is 0 Å². The molecular weight excluding hydrogens is 426 g/mol. The van der Waals surface area contributed by atoms with Gasteiger partial charge in [0.15, 0.2) is 0 Å². The summed E-state index contributed by atoms with van der Waals surface area (Å²) in [5.74, 6) is -0.793. The van der Waals surface area contributed by atoms with Gasteiger partial charge in [-0.05, 0) is 48.7 Å². The summed E-state index contributed by atoms with van der Waals surface area (Å²) in [6, 6.07) is 11.1. The number of nitrogens with zero attached hydrogens (tertiary/aromatic N) is 1. The zero-order valence-corrected chi connectivity index (χ0v) is 17.6. The van der Waals surface area contributed by atoms with Crippen LogP contribution < -0.4 is 9.62 Å². The molecule has 1 amide bonds. The average Bonchev–Trinajstić information content (AvgIpc) is 2.62. The predicted octanol–water partition coefficient (Wildman–Crippen LogP) is 4.04. The smallest absolute Gasteiger partial charge is 0.232 e. The molecule has 0 saturated heterocycles. The first-order valence-electron chi connectivity index (χ1n) is 8.61. The van der Waals surface area contributed by atoms with E-state index in [0.717, 1.165) is 22.2 Å². The van der Waals surface area contributed by atoms with Gasteiger partial charge in [-0.15, -0.1) is 0 Å². The van der Waals surface area contributed by atoms with Crippen molar-refractivity contribution in [3.63, 3.8) is 0 Å². The lowest BCUT2D eigenvalue weighted by Crippen LogP contribution is -2.32. The molecule has 0 aliphatic rings. The zero-order chi connectivity index (χ0) is 20.7. The van der Waals surface area contributed by atoms with Gasteiger partial charge in [0.2, 0.25) is 15.9 Å². The van der Waals surface area contributed by atoms with Gasteiger partial charge in [0, 0.05) is 24.5 Å². The van der Waals surface area contributed by atoms with E-state index in [0.29, 0.717) is 24.4 Å². The molecule has 0 spiro atoms. The van der Waals surface area contributed by atoms with Crippen molar-refractivity contribution in [1.82, 2.24) is 5.32 Å². The van der Waals surface area contributed by atoms with Gasteiger partial charge in [0.05, 0.1) is 17.0 Å². The number of hydrogen-bond donors (Lipinski definition) is 1. The number of nitrogens with one attached hydrogen (secondary N) is 1. The largest absolute Gasteiger partial charge is 0.356 e. The van der Waals surface area contributed by atoms with E-state index in [1.54, 1.807) is 12.1 Å². The Hall–Kier alpha value is -1.83. The Labute approximate surface area is 174 Å². The van der Waals surface area contributed by atoms with E-state index < -0.39 is 15.8 Å². The van der Waals surface area contributed by atoms with Crippen molar-refractivity contribution < 1.29 is 17.6 Å². The van der Waals surface area contributed by atoms with Crippen LogP contribution in [0, 0.1) is 5.82 Å². The van der Waals surface area contributed by atoms with Crippen LogP contribution in [0.4, 0.5) is 10.1 Å². The maximum absolute atomic E-state index is 13.3. The molecule has 0 aliphatic carbocycles. The molecule has 0 saturated carbocycles. The number of anilines is 1. The molecular formula is C19H21Cl2FN2O3S. The highest BCUT2D eigenvalue weighted by molar-refractivity contribution is 7.92. The molecule has 5 nitrogen and oxygen atoms in total. The number of rotatable bonds is 9. The molecule has 0 radical (unpaired) electrons. The Morgan fingerprint density at radius 2 is 1.82 bits per heavy atom. The van der Waals surface area contributed by atoms with Gasteiger partial charge >= 0.3 is 0 Å². The molecule has 0 atom stereocenters. The molecule has 0 aliphatic heterocycles. The highest BCUT2D eigenvalue weighted by atomic mass is 35.5. The quantitative estimate of drug-likeness (QED) is 0.631. The van der Waals surface area contributed by atoms with Gasteiger partial charge in [-0.25, -0.2) is 12.8 Å². The summed E-state index contributed by atoms with van der Waals surface area (Å²) < 4.78 is 38.5. The van der Waals surface area contributed by atoms with Crippen molar-refractivity contribution >= 4 is 44.8 Å². The molecule has 28 heavy (non-hydrogen) atoms. The van der Waals surface area contributed by atoms with Gasteiger partial charge in [-0.3, -0.25) is 9.10 Å². The highest BCUT2D eigenvalue weighted by Crippen LogP contribution is 2.24. The van der Waals surface area contributed by atoms with Crippen LogP contribution in [-0.4, -0.2) is 33.7 Å². The van der Waals surface area contributed by atoms with Crippen molar-refractivity contribution in [2.45, 2.75) is 19.3 Å². The van der Waals surface area contributed by atoms with Crippen molar-refractivity contribution in [3.8, 4) is 0 Å². The number of carbonyl (C=O) groups excluding carboxylic acids is 1. The molecule has 0 aromatic heterocycles. The third kappa shape index (κ3) is 6.96. The topological polar surface area (TPSA) is 66.5 Å². The van der Waals surface area contributed by atoms with Crippen molar-refractivity contribution in [1.29, 1.82) is 0 Å². The molecule has 2 aromatic carbocycles. The number of hydrogen-bond acceptors (Lipinski definition) is 3. The van der Waals surface area contributed by atoms with Crippen LogP contribution in [-0.2, 0) is 21.2 Å². The summed E-state index contributed by atoms with van der Waals surface area (Å²) in [6.45, 7) is 0.565. The lowest BCUT2D eigenvalue weighted by Gasteiger charge is -2.22. The normalized spacial score (nSPS) is 11.3. The average molecular weight is 447 g/mol. The molecule has 9 heteroatoms. The molecule has 0 bridgehead atoms. The molecule has 2 aromatic rings. The second-order valence-corrected chi connectivity index (χ2v) is 9.01. The van der Waals surface area contributed by atoms with Gasteiger partial charge in [-0.2, -0.15) is 0 Å². The molecule has 152 valence electrons. The number of carbonyl (C=O) groups is 1. The Morgan fingerprint density at radius 1 is 1.14 bits per heavy atom. The van der Waals surface area contributed by atoms with Crippen LogP contribution >= 0.6 is 23.2 Å². The van der Waals surface area contributed by atoms with Crippen LogP contribution in [0.25, 0.3) is 0 Å². The summed E-state index contributed by atoms with van der Waals surface area (Å²) in [4.78, 5) is 12.0. The molecule has 0 heterocycles. The Kier molecular flexibility index (Phi) is 8.10. The van der Waals surface area contributed by atoms with E-state index >= 15 is 0 Å². The van der Waals surface area contributed by atoms with Crippen molar-refractivity contribution in [2.75, 3.05) is 23.7 Å². The Balaban J connectivity index is 1.83. The monoisotopic (exact) mass is 446 g/mol. The fourth-order valence-electron chi connectivity index (χ4n) is 2.60. The zero-order valence-electron chi connectivity index (χ0n) is 15.3. The molecule has 2 rings (SSSR count). The highest BCUT2D eigenvalue weighted by Gasteiger charge is 2.18. The summed E-state index contributed by atoms with van der Waals surface area (Å²) in [5.41, 5.74) is 1.32. The van der Waals surface area contributed by atoms with E-state index in [1.807, 2.05) is 12.1 Å². The third-order valence-electron chi connectivity index (χ3n) is 4.01. The van der Waals surface area contributed by atoms with E-state index in [-0.39, 0.29) is 29.6 Å². The summed E-state index contributed by atoms with van der Waals surface area (Å²) in [6.07, 6.45) is 2.21. The van der Waals surface area contributed by atoms with Gasteiger partial charge in [0.25, 0.3) is 0 Å². The second kappa shape index (κ2) is 10.1. The van der Waals surface area contributed by atoms with Crippen LogP contribution in [0.3, 0.4) is 0 Å². The summed E-state index contributed by atoms with van der Waals surface area (Å²) in [5, 5.41) is 3.30. The van der Waals surface area contributed by atoms with E-state index in [9.17, 15) is 17.6 Å².